The van der Waals surface area contributed by atoms with Gasteiger partial charge in [-0.15, -0.1) is 0 Å². The summed E-state index contributed by atoms with van der Waals surface area (Å²) in [5.41, 5.74) is 0.509. The van der Waals surface area contributed by atoms with Crippen molar-refractivity contribution in [1.82, 2.24) is 4.57 Å². The minimum atomic E-state index is -0.478. The summed E-state index contributed by atoms with van der Waals surface area (Å²) in [6.45, 7) is 7.99. The molecule has 0 aliphatic carbocycles. The first kappa shape index (κ1) is 14.2. The van der Waals surface area contributed by atoms with Gasteiger partial charge in [-0.2, -0.15) is 0 Å². The van der Waals surface area contributed by atoms with E-state index in [0.29, 0.717) is 5.56 Å². The molecular formula is C13H20BNO4. The summed E-state index contributed by atoms with van der Waals surface area (Å²) in [6.07, 6.45) is 1.71. The molecule has 0 atom stereocenters. The number of carbonyl (C=O) groups is 1. The number of rotatable bonds is 2. The Morgan fingerprint density at radius 2 is 1.79 bits per heavy atom. The molecule has 6 heteroatoms. The van der Waals surface area contributed by atoms with Gasteiger partial charge in [0.25, 0.3) is 0 Å². The molecule has 1 aliphatic heterocycles. The van der Waals surface area contributed by atoms with Crippen LogP contribution in [-0.4, -0.2) is 36.0 Å². The van der Waals surface area contributed by atoms with Crippen molar-refractivity contribution < 1.29 is 18.8 Å². The van der Waals surface area contributed by atoms with Crippen molar-refractivity contribution in [3.63, 3.8) is 0 Å². The lowest BCUT2D eigenvalue weighted by Gasteiger charge is -2.32. The smallest absolute Gasteiger partial charge is 0.465 e. The number of hydrogen-bond donors (Lipinski definition) is 0. The van der Waals surface area contributed by atoms with Gasteiger partial charge < -0.3 is 18.6 Å². The number of carbonyl (C=O) groups excluding carboxylic acids is 1. The molecule has 2 rings (SSSR count). The van der Waals surface area contributed by atoms with Crippen LogP contribution in [0, 0.1) is 0 Å². The van der Waals surface area contributed by atoms with E-state index in [2.05, 4.69) is 0 Å². The Kier molecular flexibility index (Phi) is 3.27. The van der Waals surface area contributed by atoms with Crippen LogP contribution in [0.1, 0.15) is 38.1 Å². The Bertz CT molecular complexity index is 491. The third kappa shape index (κ3) is 2.30. The summed E-state index contributed by atoms with van der Waals surface area (Å²) in [7, 11) is 2.74. The second-order valence-electron chi connectivity index (χ2n) is 5.84. The fourth-order valence-corrected chi connectivity index (χ4v) is 2.01. The van der Waals surface area contributed by atoms with Crippen LogP contribution in [0.3, 0.4) is 0 Å². The molecule has 1 saturated heterocycles. The molecule has 0 spiro atoms. The lowest BCUT2D eigenvalue weighted by molar-refractivity contribution is 0.00578. The molecule has 0 saturated carbocycles. The fraction of sp³-hybridized carbons (Fsp3) is 0.615. The molecule has 104 valence electrons. The number of hydrogen-bond acceptors (Lipinski definition) is 4. The number of nitrogens with zero attached hydrogens (tertiary/aromatic N) is 1. The molecule has 0 radical (unpaired) electrons. The molecule has 1 aliphatic rings. The topological polar surface area (TPSA) is 49.7 Å². The highest BCUT2D eigenvalue weighted by atomic mass is 16.7. The second kappa shape index (κ2) is 4.39. The maximum atomic E-state index is 11.5. The summed E-state index contributed by atoms with van der Waals surface area (Å²) in [6, 6.07) is 1.74. The zero-order chi connectivity index (χ0) is 14.4. The molecule has 0 bridgehead atoms. The fourth-order valence-electron chi connectivity index (χ4n) is 2.01. The molecule has 0 amide bonds. The van der Waals surface area contributed by atoms with Crippen LogP contribution in [0.4, 0.5) is 0 Å². The van der Waals surface area contributed by atoms with Gasteiger partial charge in [-0.25, -0.2) is 4.79 Å². The summed E-state index contributed by atoms with van der Waals surface area (Å²) >= 11 is 0. The number of aryl methyl sites for hydroxylation is 1. The molecule has 1 aromatic heterocycles. The van der Waals surface area contributed by atoms with E-state index in [0.717, 1.165) is 5.59 Å². The monoisotopic (exact) mass is 265 g/mol. The first-order chi connectivity index (χ1) is 8.68. The Labute approximate surface area is 114 Å². The van der Waals surface area contributed by atoms with E-state index in [1.165, 1.54) is 7.11 Å². The molecule has 1 aromatic rings. The number of methoxy groups -OCH3 is 1. The van der Waals surface area contributed by atoms with Crippen molar-refractivity contribution in [2.24, 2.45) is 7.05 Å². The van der Waals surface area contributed by atoms with Gasteiger partial charge in [-0.05, 0) is 33.8 Å². The van der Waals surface area contributed by atoms with Crippen molar-refractivity contribution in [2.45, 2.75) is 38.9 Å². The molecule has 2 heterocycles. The standard InChI is InChI=1S/C13H20BNO4/c1-12(2)13(3,4)19-14(18-12)10-7-9(8-15(10)5)11(16)17-6/h7-8H,1-6H3. The maximum Gasteiger partial charge on any atom is 0.512 e. The van der Waals surface area contributed by atoms with E-state index < -0.39 is 18.3 Å². The molecule has 0 N–H and O–H groups in total. The van der Waals surface area contributed by atoms with E-state index in [-0.39, 0.29) is 5.97 Å². The second-order valence-corrected chi connectivity index (χ2v) is 5.84. The van der Waals surface area contributed by atoms with Crippen LogP contribution >= 0.6 is 0 Å². The average Bonchev–Trinajstić information content (AvgIpc) is 2.77. The lowest BCUT2D eigenvalue weighted by Crippen LogP contribution is -2.41. The zero-order valence-electron chi connectivity index (χ0n) is 12.3. The number of aromatic nitrogens is 1. The first-order valence-electron chi connectivity index (χ1n) is 6.28. The number of esters is 1. The van der Waals surface area contributed by atoms with E-state index >= 15 is 0 Å². The highest BCUT2D eigenvalue weighted by molar-refractivity contribution is 6.61. The first-order valence-corrected chi connectivity index (χ1v) is 6.28. The Hall–Kier alpha value is -1.27. The Morgan fingerprint density at radius 3 is 2.26 bits per heavy atom. The van der Waals surface area contributed by atoms with Crippen molar-refractivity contribution >= 4 is 18.7 Å². The van der Waals surface area contributed by atoms with Gasteiger partial charge in [0.2, 0.25) is 0 Å². The number of ether oxygens (including phenoxy) is 1. The van der Waals surface area contributed by atoms with Gasteiger partial charge in [0, 0.05) is 18.8 Å². The van der Waals surface area contributed by atoms with E-state index in [4.69, 9.17) is 14.0 Å². The van der Waals surface area contributed by atoms with E-state index in [9.17, 15) is 4.79 Å². The van der Waals surface area contributed by atoms with Crippen LogP contribution in [0.25, 0.3) is 0 Å². The van der Waals surface area contributed by atoms with Crippen LogP contribution in [-0.2, 0) is 21.1 Å². The maximum absolute atomic E-state index is 11.5. The predicted octanol–water partition coefficient (Wildman–Crippen LogP) is 1.11. The van der Waals surface area contributed by atoms with Gasteiger partial charge in [-0.3, -0.25) is 0 Å². The third-order valence-corrected chi connectivity index (χ3v) is 3.96. The van der Waals surface area contributed by atoms with Gasteiger partial charge in [-0.1, -0.05) is 0 Å². The minimum absolute atomic E-state index is 0.363. The van der Waals surface area contributed by atoms with E-state index in [1.807, 2.05) is 39.3 Å². The molecule has 5 nitrogen and oxygen atoms in total. The SMILES string of the molecule is COC(=O)c1cc(B2OC(C)(C)C(C)(C)O2)n(C)c1. The van der Waals surface area contributed by atoms with Crippen molar-refractivity contribution in [3.8, 4) is 0 Å². The van der Waals surface area contributed by atoms with Crippen molar-refractivity contribution in [1.29, 1.82) is 0 Å². The highest BCUT2D eigenvalue weighted by Gasteiger charge is 2.52. The summed E-state index contributed by atoms with van der Waals surface area (Å²) < 4.78 is 18.5. The summed E-state index contributed by atoms with van der Waals surface area (Å²) in [4.78, 5) is 11.5. The average molecular weight is 265 g/mol. The van der Waals surface area contributed by atoms with Gasteiger partial charge in [0.15, 0.2) is 0 Å². The van der Waals surface area contributed by atoms with Crippen molar-refractivity contribution in [2.75, 3.05) is 7.11 Å². The van der Waals surface area contributed by atoms with E-state index in [1.54, 1.807) is 12.3 Å². The van der Waals surface area contributed by atoms with Gasteiger partial charge >= 0.3 is 13.1 Å². The highest BCUT2D eigenvalue weighted by Crippen LogP contribution is 2.36. The quantitative estimate of drug-likeness (QED) is 0.593. The minimum Gasteiger partial charge on any atom is -0.465 e. The summed E-state index contributed by atoms with van der Waals surface area (Å²) in [5.74, 6) is -0.363. The van der Waals surface area contributed by atoms with Crippen LogP contribution in [0.5, 0.6) is 0 Å². The van der Waals surface area contributed by atoms with Crippen LogP contribution in [0.2, 0.25) is 0 Å². The Balaban J connectivity index is 2.30. The van der Waals surface area contributed by atoms with Gasteiger partial charge in [0.05, 0.1) is 23.9 Å². The lowest BCUT2D eigenvalue weighted by atomic mass is 9.84. The normalized spacial score (nSPS) is 20.6. The molecule has 19 heavy (non-hydrogen) atoms. The van der Waals surface area contributed by atoms with Gasteiger partial charge in [0.1, 0.15) is 0 Å². The third-order valence-electron chi connectivity index (χ3n) is 3.96. The van der Waals surface area contributed by atoms with Crippen LogP contribution < -0.4 is 5.59 Å². The largest absolute Gasteiger partial charge is 0.512 e. The molecular weight excluding hydrogens is 245 g/mol. The van der Waals surface area contributed by atoms with Crippen LogP contribution in [0.15, 0.2) is 12.3 Å². The Morgan fingerprint density at radius 1 is 1.26 bits per heavy atom. The predicted molar refractivity (Wildman–Crippen MR) is 72.5 cm³/mol. The molecule has 0 aromatic carbocycles. The summed E-state index contributed by atoms with van der Waals surface area (Å²) in [5, 5.41) is 0. The molecule has 0 unspecified atom stereocenters. The molecule has 1 fully saturated rings. The van der Waals surface area contributed by atoms with Crippen molar-refractivity contribution in [3.05, 3.63) is 17.8 Å². The zero-order valence-corrected chi connectivity index (χ0v) is 12.3.